The van der Waals surface area contributed by atoms with Crippen molar-refractivity contribution >= 4 is 0 Å². The third-order valence-electron chi connectivity index (χ3n) is 1.68. The van der Waals surface area contributed by atoms with Crippen LogP contribution < -0.4 is 11.1 Å². The lowest BCUT2D eigenvalue weighted by atomic mass is 10.4. The van der Waals surface area contributed by atoms with E-state index in [9.17, 15) is 0 Å². The largest absolute Gasteiger partial charge is 0.329 e. The van der Waals surface area contributed by atoms with Crippen LogP contribution in [0, 0.1) is 0 Å². The van der Waals surface area contributed by atoms with Gasteiger partial charge in [0.15, 0.2) is 0 Å². The van der Waals surface area contributed by atoms with E-state index < -0.39 is 0 Å². The van der Waals surface area contributed by atoms with Crippen molar-refractivity contribution in [2.24, 2.45) is 5.73 Å². The van der Waals surface area contributed by atoms with E-state index in [1.54, 1.807) is 4.68 Å². The van der Waals surface area contributed by atoms with E-state index in [1.807, 2.05) is 6.20 Å². The molecule has 0 bridgehead atoms. The van der Waals surface area contributed by atoms with E-state index in [1.165, 1.54) is 0 Å². The van der Waals surface area contributed by atoms with Crippen molar-refractivity contribution in [3.05, 3.63) is 11.9 Å². The number of hydrogen-bond donors (Lipinski definition) is 2. The highest BCUT2D eigenvalue weighted by atomic mass is 15.4. The van der Waals surface area contributed by atoms with Crippen molar-refractivity contribution in [1.82, 2.24) is 20.3 Å². The van der Waals surface area contributed by atoms with E-state index >= 15 is 0 Å². The summed E-state index contributed by atoms with van der Waals surface area (Å²) in [5.74, 6) is 0. The van der Waals surface area contributed by atoms with Crippen molar-refractivity contribution in [2.75, 3.05) is 13.1 Å². The van der Waals surface area contributed by atoms with Crippen molar-refractivity contribution in [3.63, 3.8) is 0 Å². The van der Waals surface area contributed by atoms with Gasteiger partial charge in [0, 0.05) is 19.3 Å². The Bertz CT molecular complexity index is 232. The minimum absolute atomic E-state index is 0.602. The van der Waals surface area contributed by atoms with Gasteiger partial charge in [0.25, 0.3) is 0 Å². The molecule has 13 heavy (non-hydrogen) atoms. The Morgan fingerprint density at radius 3 is 3.15 bits per heavy atom. The summed E-state index contributed by atoms with van der Waals surface area (Å²) in [7, 11) is 0. The van der Waals surface area contributed by atoms with Crippen LogP contribution in [0.25, 0.3) is 0 Å². The molecule has 1 aromatic rings. The number of rotatable bonds is 6. The Balaban J connectivity index is 2.31. The molecule has 3 N–H and O–H groups in total. The second kappa shape index (κ2) is 5.66. The van der Waals surface area contributed by atoms with E-state index in [4.69, 9.17) is 5.73 Å². The minimum Gasteiger partial charge on any atom is -0.329 e. The van der Waals surface area contributed by atoms with Crippen LogP contribution in [0.3, 0.4) is 0 Å². The van der Waals surface area contributed by atoms with Crippen LogP contribution in [0.1, 0.15) is 19.0 Å². The lowest BCUT2D eigenvalue weighted by Crippen LogP contribution is -2.14. The number of nitrogens with one attached hydrogen (secondary N) is 1. The number of aromatic nitrogens is 3. The summed E-state index contributed by atoms with van der Waals surface area (Å²) in [5.41, 5.74) is 6.36. The maximum absolute atomic E-state index is 5.39. The molecule has 0 aliphatic heterocycles. The Hall–Kier alpha value is -0.940. The normalized spacial score (nSPS) is 10.6. The SMILES string of the molecule is CCCNCc1cn(CCN)nn1. The maximum atomic E-state index is 5.39. The van der Waals surface area contributed by atoms with Crippen LogP contribution in [0.15, 0.2) is 6.20 Å². The van der Waals surface area contributed by atoms with Crippen LogP contribution >= 0.6 is 0 Å². The van der Waals surface area contributed by atoms with Crippen molar-refractivity contribution in [2.45, 2.75) is 26.4 Å². The van der Waals surface area contributed by atoms with Crippen LogP contribution in [-0.4, -0.2) is 28.1 Å². The van der Waals surface area contributed by atoms with Crippen LogP contribution in [-0.2, 0) is 13.1 Å². The second-order valence-electron chi connectivity index (χ2n) is 2.94. The fourth-order valence-electron chi connectivity index (χ4n) is 1.05. The number of nitrogens with zero attached hydrogens (tertiary/aromatic N) is 3. The predicted octanol–water partition coefficient (Wildman–Crippen LogP) is -0.264. The molecule has 0 radical (unpaired) electrons. The zero-order valence-corrected chi connectivity index (χ0v) is 8.03. The third kappa shape index (κ3) is 3.52. The molecule has 0 amide bonds. The van der Waals surface area contributed by atoms with Gasteiger partial charge in [-0.1, -0.05) is 12.1 Å². The summed E-state index contributed by atoms with van der Waals surface area (Å²) in [4.78, 5) is 0. The first-order valence-electron chi connectivity index (χ1n) is 4.66. The predicted molar refractivity (Wildman–Crippen MR) is 51.1 cm³/mol. The molecule has 1 aromatic heterocycles. The summed E-state index contributed by atoms with van der Waals surface area (Å²) in [6.07, 6.45) is 3.06. The Kier molecular flexibility index (Phi) is 4.42. The molecule has 1 rings (SSSR count). The fraction of sp³-hybridized carbons (Fsp3) is 0.750. The molecule has 0 aliphatic carbocycles. The lowest BCUT2D eigenvalue weighted by molar-refractivity contribution is 0.598. The molecule has 0 unspecified atom stereocenters. The Labute approximate surface area is 78.3 Å². The molecule has 0 aliphatic rings. The molecule has 0 fully saturated rings. The molecule has 1 heterocycles. The topological polar surface area (TPSA) is 68.8 Å². The highest BCUT2D eigenvalue weighted by Crippen LogP contribution is 1.91. The van der Waals surface area contributed by atoms with Gasteiger partial charge in [-0.15, -0.1) is 5.10 Å². The first-order chi connectivity index (χ1) is 6.36. The maximum Gasteiger partial charge on any atom is 0.0964 e. The van der Waals surface area contributed by atoms with E-state index in [0.29, 0.717) is 6.54 Å². The molecule has 0 saturated heterocycles. The molecular formula is C8H17N5. The van der Waals surface area contributed by atoms with Gasteiger partial charge in [0.2, 0.25) is 0 Å². The second-order valence-corrected chi connectivity index (χ2v) is 2.94. The highest BCUT2D eigenvalue weighted by molar-refractivity contribution is 4.91. The molecular weight excluding hydrogens is 166 g/mol. The monoisotopic (exact) mass is 183 g/mol. The van der Waals surface area contributed by atoms with Crippen molar-refractivity contribution in [1.29, 1.82) is 0 Å². The molecule has 0 saturated carbocycles. The molecule has 74 valence electrons. The number of hydrogen-bond acceptors (Lipinski definition) is 4. The minimum atomic E-state index is 0.602. The van der Waals surface area contributed by atoms with Crippen molar-refractivity contribution < 1.29 is 0 Å². The quantitative estimate of drug-likeness (QED) is 0.596. The summed E-state index contributed by atoms with van der Waals surface area (Å²) in [6, 6.07) is 0. The summed E-state index contributed by atoms with van der Waals surface area (Å²) in [6.45, 7) is 5.28. The van der Waals surface area contributed by atoms with Gasteiger partial charge in [-0.25, -0.2) is 0 Å². The average Bonchev–Trinajstić information content (AvgIpc) is 2.54. The van der Waals surface area contributed by atoms with Gasteiger partial charge in [-0.2, -0.15) is 0 Å². The average molecular weight is 183 g/mol. The van der Waals surface area contributed by atoms with Gasteiger partial charge in [-0.3, -0.25) is 4.68 Å². The van der Waals surface area contributed by atoms with E-state index in [0.717, 1.165) is 31.7 Å². The summed E-state index contributed by atoms with van der Waals surface area (Å²) >= 11 is 0. The van der Waals surface area contributed by atoms with Gasteiger partial charge in [-0.05, 0) is 13.0 Å². The molecule has 5 nitrogen and oxygen atoms in total. The Morgan fingerprint density at radius 1 is 1.62 bits per heavy atom. The zero-order chi connectivity index (χ0) is 9.52. The first kappa shape index (κ1) is 10.1. The standard InChI is InChI=1S/C8H17N5/c1-2-4-10-6-8-7-13(5-3-9)12-11-8/h7,10H,2-6,9H2,1H3. The third-order valence-corrected chi connectivity index (χ3v) is 1.68. The molecule has 5 heteroatoms. The first-order valence-corrected chi connectivity index (χ1v) is 4.66. The number of nitrogens with two attached hydrogens (primary N) is 1. The zero-order valence-electron chi connectivity index (χ0n) is 8.03. The van der Waals surface area contributed by atoms with E-state index in [2.05, 4.69) is 22.6 Å². The smallest absolute Gasteiger partial charge is 0.0964 e. The Morgan fingerprint density at radius 2 is 2.46 bits per heavy atom. The van der Waals surface area contributed by atoms with Gasteiger partial charge >= 0.3 is 0 Å². The molecule has 0 aromatic carbocycles. The van der Waals surface area contributed by atoms with Crippen LogP contribution in [0.2, 0.25) is 0 Å². The lowest BCUT2D eigenvalue weighted by Gasteiger charge is -1.97. The summed E-state index contributed by atoms with van der Waals surface area (Å²) in [5, 5.41) is 11.2. The van der Waals surface area contributed by atoms with Crippen LogP contribution in [0.5, 0.6) is 0 Å². The van der Waals surface area contributed by atoms with Gasteiger partial charge in [0.1, 0.15) is 0 Å². The summed E-state index contributed by atoms with van der Waals surface area (Å²) < 4.78 is 1.77. The van der Waals surface area contributed by atoms with Gasteiger partial charge in [0.05, 0.1) is 12.2 Å². The molecule has 0 atom stereocenters. The van der Waals surface area contributed by atoms with E-state index in [-0.39, 0.29) is 0 Å². The van der Waals surface area contributed by atoms with Crippen molar-refractivity contribution in [3.8, 4) is 0 Å². The molecule has 0 spiro atoms. The van der Waals surface area contributed by atoms with Crippen LogP contribution in [0.4, 0.5) is 0 Å². The highest BCUT2D eigenvalue weighted by Gasteiger charge is 1.98. The fourth-order valence-corrected chi connectivity index (χ4v) is 1.05. The van der Waals surface area contributed by atoms with Gasteiger partial charge < -0.3 is 11.1 Å².